The number of nitrogens with zero attached hydrogens (tertiary/aromatic N) is 3. The summed E-state index contributed by atoms with van der Waals surface area (Å²) in [6, 6.07) is 3.11. The van der Waals surface area contributed by atoms with Gasteiger partial charge in [0.1, 0.15) is 4.70 Å². The number of aromatic nitrogens is 2. The molecule has 32 heavy (non-hydrogen) atoms. The van der Waals surface area contributed by atoms with E-state index in [1.54, 1.807) is 12.3 Å². The van der Waals surface area contributed by atoms with E-state index in [1.165, 1.54) is 35.1 Å². The molecule has 1 saturated heterocycles. The molecule has 1 aliphatic rings. The summed E-state index contributed by atoms with van der Waals surface area (Å²) in [6.07, 6.45) is 2.99. The molecule has 5 rings (SSSR count). The highest BCUT2D eigenvalue weighted by molar-refractivity contribution is 7.18. The van der Waals surface area contributed by atoms with Gasteiger partial charge in [0.25, 0.3) is 5.91 Å². The number of anilines is 4. The third-order valence-corrected chi connectivity index (χ3v) is 6.79. The van der Waals surface area contributed by atoms with E-state index in [4.69, 9.17) is 20.6 Å². The van der Waals surface area contributed by atoms with Crippen LogP contribution in [0.2, 0.25) is 0 Å². The van der Waals surface area contributed by atoms with Crippen LogP contribution in [0.1, 0.15) is 10.5 Å². The number of hydrogen-bond acceptors (Lipinski definition) is 11. The lowest BCUT2D eigenvalue weighted by Gasteiger charge is -2.27. The highest BCUT2D eigenvalue weighted by Crippen LogP contribution is 2.41. The number of pyridine rings is 1. The smallest absolute Gasteiger partial charge is 0.269 e. The van der Waals surface area contributed by atoms with Gasteiger partial charge in [0.2, 0.25) is 5.43 Å². The number of carbonyl (C=O) groups is 1. The molecule has 0 aliphatic carbocycles. The van der Waals surface area contributed by atoms with E-state index in [-0.39, 0.29) is 11.1 Å². The first kappa shape index (κ1) is 20.4. The number of nitrogens with one attached hydrogen (secondary N) is 1. The fourth-order valence-corrected chi connectivity index (χ4v) is 5.15. The molecular formula is C20H18N6O4S2. The number of rotatable bonds is 5. The van der Waals surface area contributed by atoms with Crippen molar-refractivity contribution in [1.29, 1.82) is 0 Å². The molecule has 4 aromatic heterocycles. The van der Waals surface area contributed by atoms with Gasteiger partial charge in [0.15, 0.2) is 17.2 Å². The minimum absolute atomic E-state index is 0.0627. The maximum atomic E-state index is 12.7. The molecule has 1 fully saturated rings. The topological polar surface area (TPSA) is 150 Å². The van der Waals surface area contributed by atoms with Crippen molar-refractivity contribution in [2.24, 2.45) is 5.73 Å². The van der Waals surface area contributed by atoms with Crippen LogP contribution in [0.15, 0.2) is 39.1 Å². The number of ether oxygens (including phenoxy) is 1. The molecule has 0 radical (unpaired) electrons. The summed E-state index contributed by atoms with van der Waals surface area (Å²) in [5, 5.41) is 5.02. The summed E-state index contributed by atoms with van der Waals surface area (Å²) >= 11 is 2.55. The van der Waals surface area contributed by atoms with E-state index in [1.807, 2.05) is 10.3 Å². The summed E-state index contributed by atoms with van der Waals surface area (Å²) in [7, 11) is 0. The number of hydrogen-bond donors (Lipinski definition) is 3. The van der Waals surface area contributed by atoms with Gasteiger partial charge < -0.3 is 30.8 Å². The van der Waals surface area contributed by atoms with Crippen LogP contribution in [0.25, 0.3) is 20.7 Å². The van der Waals surface area contributed by atoms with Gasteiger partial charge in [-0.05, 0) is 17.6 Å². The molecule has 5 N–H and O–H groups in total. The highest BCUT2D eigenvalue weighted by Gasteiger charge is 2.22. The zero-order chi connectivity index (χ0) is 22.2. The molecule has 1 aliphatic heterocycles. The Balaban J connectivity index is 1.57. The third kappa shape index (κ3) is 3.68. The molecule has 0 saturated carbocycles. The summed E-state index contributed by atoms with van der Waals surface area (Å²) in [5.74, 6) is -0.167. The lowest BCUT2D eigenvalue weighted by molar-refractivity contribution is 0.0996. The van der Waals surface area contributed by atoms with Crippen LogP contribution in [0.4, 0.5) is 22.9 Å². The summed E-state index contributed by atoms with van der Waals surface area (Å²) in [5.41, 5.74) is 13.8. The Morgan fingerprint density at radius 2 is 2.00 bits per heavy atom. The summed E-state index contributed by atoms with van der Waals surface area (Å²) in [6.45, 7) is 2.47. The quantitative estimate of drug-likeness (QED) is 0.400. The molecule has 164 valence electrons. The minimum Gasteiger partial charge on any atom is -0.439 e. The molecule has 5 heterocycles. The number of nitrogen functional groups attached to an aromatic ring is 1. The maximum Gasteiger partial charge on any atom is 0.269 e. The number of thiophene rings is 1. The number of morpholine rings is 1. The minimum atomic E-state index is -0.681. The third-order valence-electron chi connectivity index (χ3n) is 4.98. The number of carbonyl (C=O) groups excluding carboxylic acids is 1. The fourth-order valence-electron chi connectivity index (χ4n) is 3.47. The fraction of sp³-hybridized carbons (Fsp3) is 0.200. The van der Waals surface area contributed by atoms with Gasteiger partial charge in [0, 0.05) is 30.1 Å². The normalized spacial score (nSPS) is 14.1. The molecule has 0 aromatic carbocycles. The average Bonchev–Trinajstić information content (AvgIpc) is 3.41. The largest absolute Gasteiger partial charge is 0.439 e. The monoisotopic (exact) mass is 470 g/mol. The Bertz CT molecular complexity index is 1370. The SMILES string of the molecule is NC(=O)c1ncc(N)cc1Nc1cnsc1-c1csc2c(=O)cc(N3CCOCC3)oc12. The first-order chi connectivity index (χ1) is 15.5. The van der Waals surface area contributed by atoms with Crippen molar-refractivity contribution < 1.29 is 13.9 Å². The molecule has 4 aromatic rings. The van der Waals surface area contributed by atoms with E-state index >= 15 is 0 Å². The summed E-state index contributed by atoms with van der Waals surface area (Å²) < 4.78 is 16.4. The van der Waals surface area contributed by atoms with Gasteiger partial charge in [-0.25, -0.2) is 4.98 Å². The van der Waals surface area contributed by atoms with Crippen LogP contribution < -0.4 is 27.1 Å². The van der Waals surface area contributed by atoms with Crippen molar-refractivity contribution in [2.45, 2.75) is 0 Å². The first-order valence-electron chi connectivity index (χ1n) is 9.66. The Morgan fingerprint density at radius 3 is 2.78 bits per heavy atom. The van der Waals surface area contributed by atoms with Gasteiger partial charge in [-0.1, -0.05) is 0 Å². The van der Waals surface area contributed by atoms with Crippen LogP contribution in [-0.2, 0) is 4.74 Å². The number of amides is 1. The Morgan fingerprint density at radius 1 is 1.19 bits per heavy atom. The van der Waals surface area contributed by atoms with E-state index in [9.17, 15) is 9.59 Å². The second kappa shape index (κ2) is 8.22. The van der Waals surface area contributed by atoms with Crippen molar-refractivity contribution in [3.05, 3.63) is 45.8 Å². The van der Waals surface area contributed by atoms with Crippen molar-refractivity contribution in [2.75, 3.05) is 42.3 Å². The van der Waals surface area contributed by atoms with Gasteiger partial charge in [-0.3, -0.25) is 9.59 Å². The second-order valence-electron chi connectivity index (χ2n) is 7.08. The van der Waals surface area contributed by atoms with Crippen LogP contribution in [-0.4, -0.2) is 41.6 Å². The lowest BCUT2D eigenvalue weighted by atomic mass is 10.2. The standard InChI is InChI=1S/C20H18N6O4S2/c21-10-5-12(16(20(22)28)23-7-10)25-13-8-24-32-18(13)11-9-31-19-14(27)6-15(30-17(11)19)26-1-3-29-4-2-26/h5-9,25H,1-4,21H2,(H2,22,28). The average molecular weight is 471 g/mol. The van der Waals surface area contributed by atoms with E-state index in [0.717, 1.165) is 10.4 Å². The molecule has 0 spiro atoms. The van der Waals surface area contributed by atoms with Crippen molar-refractivity contribution in [3.8, 4) is 10.4 Å². The Labute approximate surface area is 189 Å². The molecule has 1 amide bonds. The van der Waals surface area contributed by atoms with Crippen LogP contribution >= 0.6 is 22.9 Å². The van der Waals surface area contributed by atoms with Crippen LogP contribution in [0, 0.1) is 0 Å². The van der Waals surface area contributed by atoms with Gasteiger partial charge in [0.05, 0.1) is 47.5 Å². The number of nitrogens with two attached hydrogens (primary N) is 2. The molecule has 0 bridgehead atoms. The second-order valence-corrected chi connectivity index (χ2v) is 8.76. The van der Waals surface area contributed by atoms with E-state index < -0.39 is 5.91 Å². The Kier molecular flexibility index (Phi) is 5.25. The van der Waals surface area contributed by atoms with Crippen LogP contribution in [0.3, 0.4) is 0 Å². The number of primary amides is 1. The Hall–Kier alpha value is -3.48. The lowest BCUT2D eigenvalue weighted by Crippen LogP contribution is -2.36. The van der Waals surface area contributed by atoms with Gasteiger partial charge in [-0.15, -0.1) is 11.3 Å². The summed E-state index contributed by atoms with van der Waals surface area (Å²) in [4.78, 5) is 31.3. The van der Waals surface area contributed by atoms with Gasteiger partial charge >= 0.3 is 0 Å². The molecular weight excluding hydrogens is 452 g/mol. The molecule has 0 unspecified atom stereocenters. The molecule has 0 atom stereocenters. The predicted octanol–water partition coefficient (Wildman–Crippen LogP) is 2.63. The zero-order valence-corrected chi connectivity index (χ0v) is 18.3. The highest BCUT2D eigenvalue weighted by atomic mass is 32.1. The van der Waals surface area contributed by atoms with Crippen LogP contribution in [0.5, 0.6) is 0 Å². The van der Waals surface area contributed by atoms with Gasteiger partial charge in [-0.2, -0.15) is 4.37 Å². The number of fused-ring (bicyclic) bond motifs is 1. The van der Waals surface area contributed by atoms with Crippen molar-refractivity contribution in [1.82, 2.24) is 9.36 Å². The van der Waals surface area contributed by atoms with Crippen molar-refractivity contribution >= 4 is 62.0 Å². The first-order valence-corrected chi connectivity index (χ1v) is 11.3. The maximum absolute atomic E-state index is 12.7. The molecule has 12 heteroatoms. The van der Waals surface area contributed by atoms with Crippen molar-refractivity contribution in [3.63, 3.8) is 0 Å². The van der Waals surface area contributed by atoms with E-state index in [2.05, 4.69) is 14.7 Å². The molecule has 10 nitrogen and oxygen atoms in total. The zero-order valence-electron chi connectivity index (χ0n) is 16.7. The van der Waals surface area contributed by atoms with E-state index in [0.29, 0.717) is 59.5 Å². The predicted molar refractivity (Wildman–Crippen MR) is 125 cm³/mol.